The minimum atomic E-state index is 0.185. The molecule has 0 fully saturated rings. The normalized spacial score (nSPS) is 14.9. The lowest BCUT2D eigenvalue weighted by Gasteiger charge is -2.20. The number of nitrogens with zero attached hydrogens (tertiary/aromatic N) is 2. The van der Waals surface area contributed by atoms with E-state index >= 15 is 0 Å². The van der Waals surface area contributed by atoms with E-state index in [0.717, 1.165) is 5.82 Å². The Balaban J connectivity index is 2.36. The fourth-order valence-corrected chi connectivity index (χ4v) is 1.90. The van der Waals surface area contributed by atoms with Crippen molar-refractivity contribution >= 4 is 11.8 Å². The van der Waals surface area contributed by atoms with Crippen LogP contribution in [-0.4, -0.2) is 39.2 Å². The Labute approximate surface area is 94.5 Å². The molecule has 2 unspecified atom stereocenters. The van der Waals surface area contributed by atoms with E-state index in [-0.39, 0.29) is 17.9 Å². The summed E-state index contributed by atoms with van der Waals surface area (Å²) in [5, 5.41) is 12.6. The molecule has 0 aliphatic heterocycles. The summed E-state index contributed by atoms with van der Waals surface area (Å²) in [7, 11) is 0. The summed E-state index contributed by atoms with van der Waals surface area (Å²) in [6.45, 7) is 2.88. The summed E-state index contributed by atoms with van der Waals surface area (Å²) in [5.74, 6) is 0.780. The highest BCUT2D eigenvalue weighted by atomic mass is 32.2. The van der Waals surface area contributed by atoms with Gasteiger partial charge in [0.2, 0.25) is 0 Å². The predicted molar refractivity (Wildman–Crippen MR) is 62.7 cm³/mol. The van der Waals surface area contributed by atoms with Gasteiger partial charge in [0.15, 0.2) is 0 Å². The van der Waals surface area contributed by atoms with Gasteiger partial charge >= 0.3 is 0 Å². The molecule has 0 radical (unpaired) electrons. The Morgan fingerprint density at radius 1 is 1.47 bits per heavy atom. The van der Waals surface area contributed by atoms with Gasteiger partial charge in [0, 0.05) is 23.7 Å². The van der Waals surface area contributed by atoms with E-state index in [1.807, 2.05) is 6.26 Å². The van der Waals surface area contributed by atoms with Gasteiger partial charge in [-0.2, -0.15) is 11.8 Å². The lowest BCUT2D eigenvalue weighted by Crippen LogP contribution is -2.37. The molecule has 1 aromatic rings. The van der Waals surface area contributed by atoms with Gasteiger partial charge in [-0.1, -0.05) is 0 Å². The third-order valence-corrected chi connectivity index (χ3v) is 3.40. The third kappa shape index (κ3) is 4.15. The average Bonchev–Trinajstić information content (AvgIpc) is 2.29. The molecule has 4 nitrogen and oxygen atoms in total. The van der Waals surface area contributed by atoms with Crippen LogP contribution in [0.3, 0.4) is 0 Å². The Bertz CT molecular complexity index is 267. The highest BCUT2D eigenvalue weighted by molar-refractivity contribution is 7.99. The fraction of sp³-hybridized carbons (Fsp3) is 0.600. The average molecular weight is 227 g/mol. The van der Waals surface area contributed by atoms with Gasteiger partial charge in [0.1, 0.15) is 5.82 Å². The first kappa shape index (κ1) is 12.4. The zero-order valence-corrected chi connectivity index (χ0v) is 9.87. The minimum Gasteiger partial charge on any atom is -0.395 e. The van der Waals surface area contributed by atoms with E-state index in [0.29, 0.717) is 6.54 Å². The first-order valence-corrected chi connectivity index (χ1v) is 6.19. The zero-order valence-electron chi connectivity index (χ0n) is 9.05. The highest BCUT2D eigenvalue weighted by Gasteiger charge is 2.14. The monoisotopic (exact) mass is 227 g/mol. The van der Waals surface area contributed by atoms with E-state index in [1.54, 1.807) is 30.2 Å². The van der Waals surface area contributed by atoms with Gasteiger partial charge in [-0.05, 0) is 19.2 Å². The van der Waals surface area contributed by atoms with Crippen molar-refractivity contribution in [3.05, 3.63) is 24.3 Å². The molecule has 1 rings (SSSR count). The molecule has 0 amide bonds. The van der Waals surface area contributed by atoms with Gasteiger partial charge in [-0.3, -0.25) is 0 Å². The lowest BCUT2D eigenvalue weighted by molar-refractivity contribution is 0.275. The van der Waals surface area contributed by atoms with E-state index in [1.165, 1.54) is 0 Å². The first-order chi connectivity index (χ1) is 7.27. The standard InChI is InChI=1S/C10H17N3OS/c1-8(9(7-14)15-2)13-6-10-11-4-3-5-12-10/h3-5,8-9,13-14H,6-7H2,1-2H3. The maximum absolute atomic E-state index is 9.10. The number of hydrogen-bond acceptors (Lipinski definition) is 5. The quantitative estimate of drug-likeness (QED) is 0.748. The molecule has 0 aliphatic carbocycles. The van der Waals surface area contributed by atoms with Crippen LogP contribution in [0.4, 0.5) is 0 Å². The van der Waals surface area contributed by atoms with Crippen molar-refractivity contribution in [3.63, 3.8) is 0 Å². The van der Waals surface area contributed by atoms with Gasteiger partial charge in [0.25, 0.3) is 0 Å². The predicted octanol–water partition coefficient (Wildman–Crippen LogP) is 0.679. The van der Waals surface area contributed by atoms with Gasteiger partial charge in [0.05, 0.1) is 13.2 Å². The van der Waals surface area contributed by atoms with Crippen molar-refractivity contribution in [1.82, 2.24) is 15.3 Å². The molecule has 2 atom stereocenters. The van der Waals surface area contributed by atoms with Crippen molar-refractivity contribution < 1.29 is 5.11 Å². The molecule has 0 bridgehead atoms. The van der Waals surface area contributed by atoms with Crippen LogP contribution in [0.15, 0.2) is 18.5 Å². The number of aliphatic hydroxyl groups is 1. The maximum atomic E-state index is 9.10. The van der Waals surface area contributed by atoms with E-state index < -0.39 is 0 Å². The van der Waals surface area contributed by atoms with Crippen LogP contribution in [-0.2, 0) is 6.54 Å². The molecule has 0 saturated carbocycles. The second-order valence-electron chi connectivity index (χ2n) is 3.29. The SMILES string of the molecule is CSC(CO)C(C)NCc1ncccn1. The second-order valence-corrected chi connectivity index (χ2v) is 4.37. The van der Waals surface area contributed by atoms with Crippen LogP contribution in [0.1, 0.15) is 12.7 Å². The summed E-state index contributed by atoms with van der Waals surface area (Å²) in [4.78, 5) is 8.24. The van der Waals surface area contributed by atoms with E-state index in [2.05, 4.69) is 22.2 Å². The van der Waals surface area contributed by atoms with Gasteiger partial charge in [-0.15, -0.1) is 0 Å². The van der Waals surface area contributed by atoms with Crippen molar-refractivity contribution in [3.8, 4) is 0 Å². The topological polar surface area (TPSA) is 58.0 Å². The molecular weight excluding hydrogens is 210 g/mol. The summed E-state index contributed by atoms with van der Waals surface area (Å²) < 4.78 is 0. The maximum Gasteiger partial charge on any atom is 0.141 e. The van der Waals surface area contributed by atoms with Crippen LogP contribution in [0.2, 0.25) is 0 Å². The molecule has 15 heavy (non-hydrogen) atoms. The minimum absolute atomic E-state index is 0.185. The van der Waals surface area contributed by atoms with Crippen LogP contribution in [0.25, 0.3) is 0 Å². The van der Waals surface area contributed by atoms with Crippen molar-refractivity contribution in [2.75, 3.05) is 12.9 Å². The third-order valence-electron chi connectivity index (χ3n) is 2.24. The number of hydrogen-bond donors (Lipinski definition) is 2. The Kier molecular flexibility index (Phi) is 5.60. The molecule has 0 saturated heterocycles. The number of nitrogens with one attached hydrogen (secondary N) is 1. The Hall–Kier alpha value is -0.650. The van der Waals surface area contributed by atoms with Crippen molar-refractivity contribution in [2.45, 2.75) is 24.8 Å². The number of aromatic nitrogens is 2. The molecule has 0 spiro atoms. The van der Waals surface area contributed by atoms with Crippen molar-refractivity contribution in [1.29, 1.82) is 0 Å². The van der Waals surface area contributed by atoms with E-state index in [9.17, 15) is 0 Å². The smallest absolute Gasteiger partial charge is 0.141 e. The molecule has 0 aliphatic rings. The summed E-state index contributed by atoms with van der Waals surface area (Å²) in [5.41, 5.74) is 0. The Morgan fingerprint density at radius 2 is 2.13 bits per heavy atom. The summed E-state index contributed by atoms with van der Waals surface area (Å²) in [6.07, 6.45) is 5.46. The molecule has 0 aromatic carbocycles. The van der Waals surface area contributed by atoms with Crippen LogP contribution in [0, 0.1) is 0 Å². The van der Waals surface area contributed by atoms with Gasteiger partial charge in [-0.25, -0.2) is 9.97 Å². The van der Waals surface area contributed by atoms with Crippen LogP contribution >= 0.6 is 11.8 Å². The number of aliphatic hydroxyl groups excluding tert-OH is 1. The molecule has 84 valence electrons. The number of rotatable bonds is 6. The Morgan fingerprint density at radius 3 is 2.67 bits per heavy atom. The van der Waals surface area contributed by atoms with Crippen LogP contribution < -0.4 is 5.32 Å². The largest absolute Gasteiger partial charge is 0.395 e. The molecular formula is C10H17N3OS. The fourth-order valence-electron chi connectivity index (χ4n) is 1.24. The van der Waals surface area contributed by atoms with E-state index in [4.69, 9.17) is 5.11 Å². The summed E-state index contributed by atoms with van der Waals surface area (Å²) in [6, 6.07) is 2.04. The van der Waals surface area contributed by atoms with Crippen LogP contribution in [0.5, 0.6) is 0 Å². The van der Waals surface area contributed by atoms with Crippen molar-refractivity contribution in [2.24, 2.45) is 0 Å². The molecule has 1 aromatic heterocycles. The lowest BCUT2D eigenvalue weighted by atomic mass is 10.2. The summed E-state index contributed by atoms with van der Waals surface area (Å²) >= 11 is 1.66. The first-order valence-electron chi connectivity index (χ1n) is 4.91. The highest BCUT2D eigenvalue weighted by Crippen LogP contribution is 2.10. The molecule has 5 heteroatoms. The number of thioether (sulfide) groups is 1. The zero-order chi connectivity index (χ0) is 11.1. The molecule has 2 N–H and O–H groups in total. The second kappa shape index (κ2) is 6.76. The van der Waals surface area contributed by atoms with Gasteiger partial charge < -0.3 is 10.4 Å². The molecule has 1 heterocycles.